The van der Waals surface area contributed by atoms with Gasteiger partial charge in [0.25, 0.3) is 5.91 Å². The average molecular weight is 455 g/mol. The minimum absolute atomic E-state index is 0.0210. The highest BCUT2D eigenvalue weighted by Crippen LogP contribution is 2.44. The summed E-state index contributed by atoms with van der Waals surface area (Å²) in [5.74, 6) is -1.06. The molecule has 2 aromatic carbocycles. The molecule has 0 saturated carbocycles. The molecule has 2 aromatic rings. The van der Waals surface area contributed by atoms with Gasteiger partial charge in [-0.2, -0.15) is 0 Å². The number of nitrogens with zero attached hydrogens (tertiary/aromatic N) is 1. The van der Waals surface area contributed by atoms with Gasteiger partial charge in [0.2, 0.25) is 0 Å². The lowest BCUT2D eigenvalue weighted by atomic mass is 9.98. The van der Waals surface area contributed by atoms with Gasteiger partial charge in [-0.05, 0) is 42.7 Å². The van der Waals surface area contributed by atoms with E-state index < -0.39 is 11.9 Å². The Balaban J connectivity index is 1.86. The fourth-order valence-corrected chi connectivity index (χ4v) is 3.63. The first kappa shape index (κ1) is 19.0. The zero-order chi connectivity index (χ0) is 19.2. The van der Waals surface area contributed by atoms with Crippen molar-refractivity contribution in [2.75, 3.05) is 0 Å². The molecule has 7 heteroatoms. The molecule has 4 nitrogen and oxygen atoms in total. The Morgan fingerprint density at radius 2 is 1.73 bits per heavy atom. The number of rotatable bonds is 3. The van der Waals surface area contributed by atoms with Crippen LogP contribution in [0.3, 0.4) is 0 Å². The van der Waals surface area contributed by atoms with Gasteiger partial charge in [0.05, 0.1) is 27.7 Å². The molecule has 134 valence electrons. The average Bonchev–Trinajstić information content (AvgIpc) is 2.85. The van der Waals surface area contributed by atoms with Crippen molar-refractivity contribution in [3.63, 3.8) is 0 Å². The van der Waals surface area contributed by atoms with Gasteiger partial charge in [-0.25, -0.2) is 4.79 Å². The summed E-state index contributed by atoms with van der Waals surface area (Å²) in [6.45, 7) is 7.40. The van der Waals surface area contributed by atoms with Crippen molar-refractivity contribution in [3.05, 3.63) is 73.2 Å². The monoisotopic (exact) mass is 453 g/mol. The molecule has 0 unspecified atom stereocenters. The quantitative estimate of drug-likeness (QED) is 0.615. The van der Waals surface area contributed by atoms with Crippen molar-refractivity contribution in [1.82, 2.24) is 5.06 Å². The fourth-order valence-electron chi connectivity index (χ4n) is 2.79. The van der Waals surface area contributed by atoms with Crippen LogP contribution >= 0.6 is 39.1 Å². The van der Waals surface area contributed by atoms with Crippen molar-refractivity contribution < 1.29 is 14.4 Å². The molecule has 0 spiro atoms. The molecule has 0 saturated heterocycles. The second-order valence-electron chi connectivity index (χ2n) is 5.94. The molecular weight excluding hydrogens is 441 g/mol. The summed E-state index contributed by atoms with van der Waals surface area (Å²) in [4.78, 5) is 30.3. The predicted molar refractivity (Wildman–Crippen MR) is 105 cm³/mol. The van der Waals surface area contributed by atoms with Crippen LogP contribution in [0.15, 0.2) is 35.3 Å². The molecule has 0 aromatic heterocycles. The lowest BCUT2D eigenvalue weighted by molar-refractivity contribution is -0.165. The van der Waals surface area contributed by atoms with Gasteiger partial charge in [-0.1, -0.05) is 57.8 Å². The summed E-state index contributed by atoms with van der Waals surface area (Å²) in [6.07, 6.45) is 0.0210. The molecule has 3 rings (SSSR count). The number of benzene rings is 2. The van der Waals surface area contributed by atoms with Crippen molar-refractivity contribution in [1.29, 1.82) is 0 Å². The Kier molecular flexibility index (Phi) is 5.15. The van der Waals surface area contributed by atoms with Crippen molar-refractivity contribution in [3.8, 4) is 0 Å². The number of hydroxylamine groups is 2. The van der Waals surface area contributed by atoms with E-state index >= 15 is 0 Å². The predicted octanol–water partition coefficient (Wildman–Crippen LogP) is 5.50. The molecule has 26 heavy (non-hydrogen) atoms. The topological polar surface area (TPSA) is 46.6 Å². The number of hydrogen-bond donors (Lipinski definition) is 0. The summed E-state index contributed by atoms with van der Waals surface area (Å²) >= 11 is 15.9. The highest BCUT2D eigenvalue weighted by atomic mass is 79.9. The van der Waals surface area contributed by atoms with Gasteiger partial charge in [0, 0.05) is 10.0 Å². The third kappa shape index (κ3) is 3.15. The van der Waals surface area contributed by atoms with Crippen LogP contribution in [0.5, 0.6) is 0 Å². The number of carbonyl (C=O) groups excluding carboxylic acids is 2. The van der Waals surface area contributed by atoms with Gasteiger partial charge in [0.1, 0.15) is 0 Å². The maximum Gasteiger partial charge on any atom is 0.337 e. The number of carbonyl (C=O) groups is 2. The van der Waals surface area contributed by atoms with Crippen LogP contribution in [0.2, 0.25) is 10.0 Å². The zero-order valence-corrected chi connectivity index (χ0v) is 17.1. The van der Waals surface area contributed by atoms with Crippen LogP contribution in [-0.2, 0) is 16.1 Å². The highest BCUT2D eigenvalue weighted by molar-refractivity contribution is 9.10. The second kappa shape index (κ2) is 7.06. The summed E-state index contributed by atoms with van der Waals surface area (Å²) in [5, 5.41) is 1.48. The third-order valence-electron chi connectivity index (χ3n) is 4.32. The van der Waals surface area contributed by atoms with E-state index in [9.17, 15) is 9.59 Å². The van der Waals surface area contributed by atoms with Gasteiger partial charge >= 0.3 is 5.97 Å². The molecule has 0 radical (unpaired) electrons. The molecule has 1 heterocycles. The van der Waals surface area contributed by atoms with Gasteiger partial charge in [-0.3, -0.25) is 4.79 Å². The molecule has 0 fully saturated rings. The zero-order valence-electron chi connectivity index (χ0n) is 14.0. The number of halogens is 3. The SMILES string of the molecule is C=C1c2c(Cl)c(Cl)c(C)c(C)c2C(=O)N1OC(=O)Cc1ccc(Br)cc1. The van der Waals surface area contributed by atoms with E-state index in [0.717, 1.165) is 15.1 Å². The summed E-state index contributed by atoms with van der Waals surface area (Å²) in [5.41, 5.74) is 3.12. The van der Waals surface area contributed by atoms with E-state index in [4.69, 9.17) is 28.0 Å². The molecule has 1 aliphatic heterocycles. The van der Waals surface area contributed by atoms with E-state index in [2.05, 4.69) is 22.5 Å². The number of amides is 1. The Morgan fingerprint density at radius 1 is 1.12 bits per heavy atom. The van der Waals surface area contributed by atoms with Crippen molar-refractivity contribution in [2.24, 2.45) is 0 Å². The summed E-state index contributed by atoms with van der Waals surface area (Å²) < 4.78 is 0.908. The summed E-state index contributed by atoms with van der Waals surface area (Å²) in [7, 11) is 0. The van der Waals surface area contributed by atoms with Crippen LogP contribution < -0.4 is 0 Å². The van der Waals surface area contributed by atoms with E-state index in [1.165, 1.54) is 0 Å². The van der Waals surface area contributed by atoms with Crippen molar-refractivity contribution >= 4 is 56.7 Å². The number of hydrogen-bond acceptors (Lipinski definition) is 3. The van der Waals surface area contributed by atoms with Crippen LogP contribution in [0, 0.1) is 13.8 Å². The Bertz CT molecular complexity index is 907. The van der Waals surface area contributed by atoms with Crippen LogP contribution in [0.4, 0.5) is 0 Å². The van der Waals surface area contributed by atoms with E-state index in [1.807, 2.05) is 12.1 Å². The minimum atomic E-state index is -0.578. The molecule has 0 aliphatic carbocycles. The highest BCUT2D eigenvalue weighted by Gasteiger charge is 2.39. The van der Waals surface area contributed by atoms with Crippen LogP contribution in [0.1, 0.15) is 32.6 Å². The first-order valence-corrected chi connectivity index (χ1v) is 9.24. The maximum atomic E-state index is 12.8. The van der Waals surface area contributed by atoms with E-state index in [1.54, 1.807) is 26.0 Å². The molecule has 1 aliphatic rings. The maximum absolute atomic E-state index is 12.8. The molecule has 0 bridgehead atoms. The van der Waals surface area contributed by atoms with E-state index in [-0.39, 0.29) is 17.1 Å². The molecule has 0 atom stereocenters. The Labute approximate surface area is 169 Å². The first-order chi connectivity index (χ1) is 12.2. The lowest BCUT2D eigenvalue weighted by Crippen LogP contribution is -2.27. The van der Waals surface area contributed by atoms with Crippen molar-refractivity contribution in [2.45, 2.75) is 20.3 Å². The Morgan fingerprint density at radius 3 is 2.35 bits per heavy atom. The summed E-state index contributed by atoms with van der Waals surface area (Å²) in [6, 6.07) is 7.24. The van der Waals surface area contributed by atoms with Crippen LogP contribution in [0.25, 0.3) is 5.70 Å². The van der Waals surface area contributed by atoms with Crippen LogP contribution in [-0.4, -0.2) is 16.9 Å². The normalized spacial score (nSPS) is 13.2. The Hall–Kier alpha value is -1.82. The molecule has 0 N–H and O–H groups in total. The third-order valence-corrected chi connectivity index (χ3v) is 5.79. The smallest absolute Gasteiger partial charge is 0.333 e. The lowest BCUT2D eigenvalue weighted by Gasteiger charge is -2.16. The van der Waals surface area contributed by atoms with Gasteiger partial charge < -0.3 is 4.84 Å². The number of fused-ring (bicyclic) bond motifs is 1. The van der Waals surface area contributed by atoms with Gasteiger partial charge in [0.15, 0.2) is 0 Å². The second-order valence-corrected chi connectivity index (χ2v) is 7.61. The van der Waals surface area contributed by atoms with E-state index in [0.29, 0.717) is 27.3 Å². The first-order valence-electron chi connectivity index (χ1n) is 7.69. The fraction of sp³-hybridized carbons (Fsp3) is 0.158. The largest absolute Gasteiger partial charge is 0.337 e. The van der Waals surface area contributed by atoms with Gasteiger partial charge in [-0.15, -0.1) is 5.06 Å². The molecule has 1 amide bonds. The standard InChI is InChI=1S/C19H14BrCl2NO3/c1-9-10(2)17(21)18(22)16-11(3)23(19(25)15(9)16)26-14(24)8-12-4-6-13(20)7-5-12/h4-7H,3,8H2,1-2H3. The minimum Gasteiger partial charge on any atom is -0.333 e. The molecular formula is C19H14BrCl2NO3.